The maximum atomic E-state index is 9.09. The second-order valence-electron chi connectivity index (χ2n) is 5.01. The molecule has 0 fully saturated rings. The summed E-state index contributed by atoms with van der Waals surface area (Å²) in [6.45, 7) is 4.05. The minimum Gasteiger partial charge on any atom is -0.392 e. The lowest BCUT2D eigenvalue weighted by Crippen LogP contribution is -2.02. The molecule has 4 nitrogen and oxygen atoms in total. The minimum atomic E-state index is -0.000335. The van der Waals surface area contributed by atoms with Crippen molar-refractivity contribution in [3.8, 4) is 16.9 Å². The molecule has 21 heavy (non-hydrogen) atoms. The molecule has 0 amide bonds. The maximum Gasteiger partial charge on any atom is 0.153 e. The van der Waals surface area contributed by atoms with Gasteiger partial charge >= 0.3 is 0 Å². The third kappa shape index (κ3) is 2.45. The molecular formula is C17H17N3O. The topological polar surface area (TPSA) is 50.9 Å². The summed E-state index contributed by atoms with van der Waals surface area (Å²) < 4.78 is 1.85. The monoisotopic (exact) mass is 279 g/mol. The van der Waals surface area contributed by atoms with Crippen molar-refractivity contribution >= 4 is 0 Å². The summed E-state index contributed by atoms with van der Waals surface area (Å²) in [6, 6.07) is 14.0. The predicted octanol–water partition coefficient (Wildman–Crippen LogP) is 3.04. The van der Waals surface area contributed by atoms with Gasteiger partial charge in [0, 0.05) is 11.8 Å². The molecule has 106 valence electrons. The van der Waals surface area contributed by atoms with Gasteiger partial charge in [-0.15, -0.1) is 0 Å². The predicted molar refractivity (Wildman–Crippen MR) is 82.2 cm³/mol. The first-order valence-electron chi connectivity index (χ1n) is 6.88. The van der Waals surface area contributed by atoms with E-state index < -0.39 is 0 Å². The smallest absolute Gasteiger partial charge is 0.153 e. The van der Waals surface area contributed by atoms with Crippen LogP contribution in [0.3, 0.4) is 0 Å². The van der Waals surface area contributed by atoms with Gasteiger partial charge in [-0.25, -0.2) is 9.67 Å². The molecule has 0 bridgehead atoms. The van der Waals surface area contributed by atoms with Crippen LogP contribution in [-0.4, -0.2) is 19.9 Å². The summed E-state index contributed by atoms with van der Waals surface area (Å²) in [7, 11) is 0. The van der Waals surface area contributed by atoms with E-state index in [-0.39, 0.29) is 6.61 Å². The molecule has 1 N–H and O–H groups in total. The first-order valence-corrected chi connectivity index (χ1v) is 6.88. The van der Waals surface area contributed by atoms with Gasteiger partial charge in [-0.1, -0.05) is 36.4 Å². The number of aryl methyl sites for hydroxylation is 1. The van der Waals surface area contributed by atoms with Crippen LogP contribution in [0.25, 0.3) is 16.9 Å². The lowest BCUT2D eigenvalue weighted by Gasteiger charge is -2.05. The van der Waals surface area contributed by atoms with Crippen LogP contribution >= 0.6 is 0 Å². The van der Waals surface area contributed by atoms with Crippen molar-refractivity contribution < 1.29 is 5.11 Å². The molecule has 4 heteroatoms. The van der Waals surface area contributed by atoms with Gasteiger partial charge in [-0.2, -0.15) is 5.10 Å². The van der Waals surface area contributed by atoms with Gasteiger partial charge < -0.3 is 5.11 Å². The molecule has 3 rings (SSSR count). The highest BCUT2D eigenvalue weighted by Crippen LogP contribution is 2.27. The zero-order valence-electron chi connectivity index (χ0n) is 12.1. The van der Waals surface area contributed by atoms with Crippen molar-refractivity contribution in [3.05, 3.63) is 65.6 Å². The van der Waals surface area contributed by atoms with E-state index in [1.165, 1.54) is 0 Å². The Morgan fingerprint density at radius 3 is 2.43 bits per heavy atom. The second-order valence-corrected chi connectivity index (χ2v) is 5.01. The molecule has 2 aromatic heterocycles. The Bertz CT molecular complexity index is 746. The highest BCUT2D eigenvalue weighted by atomic mass is 16.3. The van der Waals surface area contributed by atoms with Crippen LogP contribution < -0.4 is 0 Å². The molecule has 0 atom stereocenters. The zero-order valence-corrected chi connectivity index (χ0v) is 12.1. The third-order valence-electron chi connectivity index (χ3n) is 3.56. The van der Waals surface area contributed by atoms with Gasteiger partial charge in [0.1, 0.15) is 0 Å². The standard InChI is InChI=1S/C17H17N3O/c1-12-17(15-6-4-3-5-7-15)13(2)20(19-12)16-9-8-14(11-21)10-18-16/h3-10,21H,11H2,1-2H3. The zero-order chi connectivity index (χ0) is 14.8. The van der Waals surface area contributed by atoms with Crippen LogP contribution in [-0.2, 0) is 6.61 Å². The van der Waals surface area contributed by atoms with Gasteiger partial charge in [-0.05, 0) is 31.0 Å². The van der Waals surface area contributed by atoms with Crippen molar-refractivity contribution in [3.63, 3.8) is 0 Å². The van der Waals surface area contributed by atoms with Crippen LogP contribution in [0.1, 0.15) is 17.0 Å². The van der Waals surface area contributed by atoms with E-state index in [1.54, 1.807) is 6.20 Å². The number of aliphatic hydroxyl groups excluding tert-OH is 1. The van der Waals surface area contributed by atoms with Gasteiger partial charge in [0.25, 0.3) is 0 Å². The molecule has 0 saturated carbocycles. The van der Waals surface area contributed by atoms with Crippen LogP contribution in [0.4, 0.5) is 0 Å². The van der Waals surface area contributed by atoms with Crippen LogP contribution in [0, 0.1) is 13.8 Å². The largest absolute Gasteiger partial charge is 0.392 e. The molecule has 0 saturated heterocycles. The summed E-state index contributed by atoms with van der Waals surface area (Å²) in [5, 5.41) is 13.7. The van der Waals surface area contributed by atoms with E-state index >= 15 is 0 Å². The van der Waals surface area contributed by atoms with Crippen LogP contribution in [0.5, 0.6) is 0 Å². The Balaban J connectivity index is 2.09. The number of benzene rings is 1. The highest BCUT2D eigenvalue weighted by molar-refractivity contribution is 5.69. The molecule has 3 aromatic rings. The number of hydrogen-bond acceptors (Lipinski definition) is 3. The van der Waals surface area contributed by atoms with E-state index in [0.717, 1.165) is 33.9 Å². The van der Waals surface area contributed by atoms with E-state index in [9.17, 15) is 0 Å². The Morgan fingerprint density at radius 1 is 1.05 bits per heavy atom. The summed E-state index contributed by atoms with van der Waals surface area (Å²) in [5.41, 5.74) is 5.13. The summed E-state index contributed by atoms with van der Waals surface area (Å²) in [5.74, 6) is 0.759. The van der Waals surface area contributed by atoms with Crippen molar-refractivity contribution in [1.29, 1.82) is 0 Å². The number of nitrogens with zero attached hydrogens (tertiary/aromatic N) is 3. The maximum absolute atomic E-state index is 9.09. The highest BCUT2D eigenvalue weighted by Gasteiger charge is 2.14. The van der Waals surface area contributed by atoms with E-state index in [2.05, 4.69) is 22.2 Å². The second kappa shape index (κ2) is 5.50. The molecule has 0 aliphatic heterocycles. The summed E-state index contributed by atoms with van der Waals surface area (Å²) in [4.78, 5) is 4.37. The first-order chi connectivity index (χ1) is 10.2. The van der Waals surface area contributed by atoms with Crippen molar-refractivity contribution in [1.82, 2.24) is 14.8 Å². The van der Waals surface area contributed by atoms with Crippen molar-refractivity contribution in [2.75, 3.05) is 0 Å². The van der Waals surface area contributed by atoms with E-state index in [0.29, 0.717) is 0 Å². The normalized spacial score (nSPS) is 10.8. The molecule has 2 heterocycles. The van der Waals surface area contributed by atoms with Crippen molar-refractivity contribution in [2.45, 2.75) is 20.5 Å². The average molecular weight is 279 g/mol. The first kappa shape index (κ1) is 13.5. The molecule has 1 aromatic carbocycles. The summed E-state index contributed by atoms with van der Waals surface area (Å²) in [6.07, 6.45) is 1.67. The number of pyridine rings is 1. The fourth-order valence-electron chi connectivity index (χ4n) is 2.52. The van der Waals surface area contributed by atoms with Gasteiger partial charge in [-0.3, -0.25) is 0 Å². The average Bonchev–Trinajstić information content (AvgIpc) is 2.83. The quantitative estimate of drug-likeness (QED) is 0.801. The van der Waals surface area contributed by atoms with E-state index in [1.807, 2.05) is 48.9 Å². The van der Waals surface area contributed by atoms with Crippen LogP contribution in [0.2, 0.25) is 0 Å². The van der Waals surface area contributed by atoms with Gasteiger partial charge in [0.15, 0.2) is 5.82 Å². The molecule has 0 aliphatic rings. The number of hydrogen-bond donors (Lipinski definition) is 1. The minimum absolute atomic E-state index is 0.000335. The lowest BCUT2D eigenvalue weighted by molar-refractivity contribution is 0.281. The fourth-order valence-corrected chi connectivity index (χ4v) is 2.52. The van der Waals surface area contributed by atoms with Crippen LogP contribution in [0.15, 0.2) is 48.7 Å². The van der Waals surface area contributed by atoms with E-state index in [4.69, 9.17) is 5.11 Å². The third-order valence-corrected chi connectivity index (χ3v) is 3.56. The summed E-state index contributed by atoms with van der Waals surface area (Å²) >= 11 is 0. The fraction of sp³-hybridized carbons (Fsp3) is 0.176. The number of aromatic nitrogens is 3. The Labute approximate surface area is 123 Å². The molecule has 0 radical (unpaired) electrons. The molecule has 0 aliphatic carbocycles. The number of aliphatic hydroxyl groups is 1. The van der Waals surface area contributed by atoms with Gasteiger partial charge in [0.05, 0.1) is 18.0 Å². The Hall–Kier alpha value is -2.46. The molecular weight excluding hydrogens is 262 g/mol. The molecule has 0 spiro atoms. The lowest BCUT2D eigenvalue weighted by atomic mass is 10.0. The Morgan fingerprint density at radius 2 is 1.81 bits per heavy atom. The van der Waals surface area contributed by atoms with Gasteiger partial charge in [0.2, 0.25) is 0 Å². The SMILES string of the molecule is Cc1nn(-c2ccc(CO)cn2)c(C)c1-c1ccccc1. The number of rotatable bonds is 3. The molecule has 0 unspecified atom stereocenters. The van der Waals surface area contributed by atoms with Crippen molar-refractivity contribution in [2.24, 2.45) is 0 Å². The Kier molecular flexibility index (Phi) is 3.54.